The average Bonchev–Trinajstić information content (AvgIpc) is 3.14. The highest BCUT2D eigenvalue weighted by Gasteiger charge is 2.10. The molecule has 230 valence electrons. The van der Waals surface area contributed by atoms with Crippen molar-refractivity contribution in [2.75, 3.05) is 11.9 Å². The van der Waals surface area contributed by atoms with E-state index >= 15 is 0 Å². The van der Waals surface area contributed by atoms with Gasteiger partial charge in [0.2, 0.25) is 0 Å². The fraction of sp³-hybridized carbons (Fsp3) is 0.0556. The summed E-state index contributed by atoms with van der Waals surface area (Å²) in [5.41, 5.74) is 5.87. The molecule has 11 heteroatoms. The van der Waals surface area contributed by atoms with E-state index < -0.39 is 0 Å². The quantitative estimate of drug-likeness (QED) is 0.164. The number of aromatic nitrogens is 8. The van der Waals surface area contributed by atoms with Crippen molar-refractivity contribution in [1.29, 1.82) is 0 Å². The Morgan fingerprint density at radius 1 is 0.574 bits per heavy atom. The van der Waals surface area contributed by atoms with E-state index in [0.717, 1.165) is 46.0 Å². The van der Waals surface area contributed by atoms with Crippen LogP contribution in [0.3, 0.4) is 0 Å². The van der Waals surface area contributed by atoms with Crippen molar-refractivity contribution in [3.63, 3.8) is 0 Å². The van der Waals surface area contributed by atoms with Crippen molar-refractivity contribution in [2.24, 2.45) is 0 Å². The average molecular weight is 638 g/mol. The molecule has 0 saturated carbocycles. The van der Waals surface area contributed by atoms with E-state index in [1.807, 2.05) is 78.9 Å². The summed E-state index contributed by atoms with van der Waals surface area (Å²) in [4.78, 5) is 34.8. The molecule has 0 bridgehead atoms. The minimum atomic E-state index is 0.272. The second-order valence-electron chi connectivity index (χ2n) is 10.1. The molecule has 7 rings (SSSR count). The van der Waals surface area contributed by atoms with Crippen LogP contribution in [0.25, 0.3) is 45.6 Å². The molecule has 6 heterocycles. The fourth-order valence-electron chi connectivity index (χ4n) is 4.50. The number of anilines is 1. The Balaban J connectivity index is 0.000000177. The molecule has 0 aliphatic heterocycles. The van der Waals surface area contributed by atoms with Gasteiger partial charge < -0.3 is 10.4 Å². The monoisotopic (exact) mass is 637 g/mol. The van der Waals surface area contributed by atoms with Crippen molar-refractivity contribution < 1.29 is 5.11 Å². The van der Waals surface area contributed by atoms with Gasteiger partial charge in [0.15, 0.2) is 11.6 Å². The molecule has 0 amide bonds. The first-order valence-electron chi connectivity index (χ1n) is 14.7. The summed E-state index contributed by atoms with van der Waals surface area (Å²) in [5.74, 6) is 2.07. The molecule has 0 unspecified atom stereocenters. The standard InChI is InChI=1S/C22H19N5O.C14H9ClN4/c28-18-8-6-16(7-9-18)10-13-25-21-14-20(17-4-3-11-23-15-17)26-22(27-21)19-5-1-2-12-24-19;15-13-8-12(10-4-3-6-16-9-10)18-14(19-13)11-5-1-2-7-17-11/h1-9,11-12,14-15,28H,10,13H2,(H,25,26,27);1-9H. The van der Waals surface area contributed by atoms with Crippen LogP contribution in [0.1, 0.15) is 5.56 Å². The van der Waals surface area contributed by atoms with Crippen molar-refractivity contribution in [3.8, 4) is 51.3 Å². The molecular weight excluding hydrogens is 610 g/mol. The van der Waals surface area contributed by atoms with Gasteiger partial charge in [-0.2, -0.15) is 0 Å². The lowest BCUT2D eigenvalue weighted by molar-refractivity contribution is 0.475. The maximum atomic E-state index is 9.39. The molecule has 10 nitrogen and oxygen atoms in total. The van der Waals surface area contributed by atoms with E-state index in [4.69, 9.17) is 11.6 Å². The Bertz CT molecular complexity index is 1900. The molecule has 1 aromatic carbocycles. The van der Waals surface area contributed by atoms with Crippen molar-refractivity contribution in [3.05, 3.63) is 145 Å². The largest absolute Gasteiger partial charge is 0.508 e. The van der Waals surface area contributed by atoms with Crippen LogP contribution in [0.4, 0.5) is 5.82 Å². The van der Waals surface area contributed by atoms with Crippen LogP contribution in [-0.4, -0.2) is 51.5 Å². The van der Waals surface area contributed by atoms with E-state index in [1.165, 1.54) is 0 Å². The minimum Gasteiger partial charge on any atom is -0.508 e. The molecule has 0 fully saturated rings. The number of phenols is 1. The summed E-state index contributed by atoms with van der Waals surface area (Å²) in [5, 5.41) is 13.1. The Morgan fingerprint density at radius 2 is 1.17 bits per heavy atom. The molecule has 0 aliphatic rings. The van der Waals surface area contributed by atoms with Crippen molar-refractivity contribution in [1.82, 2.24) is 39.9 Å². The van der Waals surface area contributed by atoms with Gasteiger partial charge in [0, 0.05) is 67.0 Å². The van der Waals surface area contributed by atoms with E-state index in [2.05, 4.69) is 45.2 Å². The number of nitrogens with one attached hydrogen (secondary N) is 1. The van der Waals surface area contributed by atoms with Gasteiger partial charge in [-0.25, -0.2) is 19.9 Å². The lowest BCUT2D eigenvalue weighted by Crippen LogP contribution is -2.08. The molecule has 7 aromatic rings. The lowest BCUT2D eigenvalue weighted by atomic mass is 10.1. The Kier molecular flexibility index (Phi) is 10.0. The van der Waals surface area contributed by atoms with Gasteiger partial charge in [-0.15, -0.1) is 0 Å². The highest BCUT2D eigenvalue weighted by atomic mass is 35.5. The van der Waals surface area contributed by atoms with Gasteiger partial charge in [-0.05, 0) is 72.6 Å². The van der Waals surface area contributed by atoms with Gasteiger partial charge >= 0.3 is 0 Å². The zero-order chi connectivity index (χ0) is 32.3. The second kappa shape index (κ2) is 15.2. The molecular formula is C36H28ClN9O. The van der Waals surface area contributed by atoms with Gasteiger partial charge in [-0.3, -0.25) is 19.9 Å². The molecule has 0 aliphatic carbocycles. The third-order valence-corrected chi connectivity index (χ3v) is 6.97. The highest BCUT2D eigenvalue weighted by Crippen LogP contribution is 2.24. The summed E-state index contributed by atoms with van der Waals surface area (Å²) in [6.07, 6.45) is 11.2. The number of hydrogen-bond donors (Lipinski definition) is 2. The summed E-state index contributed by atoms with van der Waals surface area (Å²) in [7, 11) is 0. The summed E-state index contributed by atoms with van der Waals surface area (Å²) < 4.78 is 0. The number of halogens is 1. The van der Waals surface area contributed by atoms with Crippen molar-refractivity contribution in [2.45, 2.75) is 6.42 Å². The Hall–Kier alpha value is -6.13. The summed E-state index contributed by atoms with van der Waals surface area (Å²) in [6.45, 7) is 0.704. The summed E-state index contributed by atoms with van der Waals surface area (Å²) in [6, 6.07) is 29.7. The third kappa shape index (κ3) is 8.53. The van der Waals surface area contributed by atoms with Gasteiger partial charge in [-0.1, -0.05) is 35.9 Å². The predicted octanol–water partition coefficient (Wildman–Crippen LogP) is 7.21. The van der Waals surface area contributed by atoms with Crippen LogP contribution in [0.5, 0.6) is 5.75 Å². The topological polar surface area (TPSA) is 135 Å². The van der Waals surface area contributed by atoms with Crippen LogP contribution in [0.15, 0.2) is 134 Å². The minimum absolute atomic E-state index is 0.272. The molecule has 47 heavy (non-hydrogen) atoms. The first-order chi connectivity index (χ1) is 23.1. The molecule has 2 N–H and O–H groups in total. The number of nitrogens with zero attached hydrogens (tertiary/aromatic N) is 8. The van der Waals surface area contributed by atoms with E-state index in [0.29, 0.717) is 29.0 Å². The zero-order valence-electron chi connectivity index (χ0n) is 25.0. The van der Waals surface area contributed by atoms with E-state index in [9.17, 15) is 5.11 Å². The number of pyridine rings is 4. The number of hydrogen-bond acceptors (Lipinski definition) is 10. The van der Waals surface area contributed by atoms with Crippen LogP contribution >= 0.6 is 11.6 Å². The normalized spacial score (nSPS) is 10.5. The van der Waals surface area contributed by atoms with Crippen LogP contribution in [-0.2, 0) is 6.42 Å². The van der Waals surface area contributed by atoms with Gasteiger partial charge in [0.05, 0.1) is 11.4 Å². The lowest BCUT2D eigenvalue weighted by Gasteiger charge is -2.10. The molecule has 0 saturated heterocycles. The number of rotatable bonds is 8. The SMILES string of the molecule is Clc1cc(-c2cccnc2)nc(-c2ccccn2)n1.Oc1ccc(CCNc2cc(-c3cccnc3)nc(-c3ccccn3)n2)cc1. The molecule has 0 atom stereocenters. The molecule has 0 spiro atoms. The van der Waals surface area contributed by atoms with E-state index in [-0.39, 0.29) is 5.75 Å². The Labute approximate surface area is 276 Å². The van der Waals surface area contributed by atoms with Crippen LogP contribution < -0.4 is 5.32 Å². The molecule has 0 radical (unpaired) electrons. The number of benzene rings is 1. The first kappa shape index (κ1) is 30.9. The maximum Gasteiger partial charge on any atom is 0.180 e. The van der Waals surface area contributed by atoms with Gasteiger partial charge in [0.25, 0.3) is 0 Å². The van der Waals surface area contributed by atoms with Crippen molar-refractivity contribution >= 4 is 17.4 Å². The van der Waals surface area contributed by atoms with Crippen LogP contribution in [0, 0.1) is 0 Å². The zero-order valence-corrected chi connectivity index (χ0v) is 25.8. The van der Waals surface area contributed by atoms with E-state index in [1.54, 1.807) is 55.4 Å². The highest BCUT2D eigenvalue weighted by molar-refractivity contribution is 6.29. The molecule has 6 aromatic heterocycles. The summed E-state index contributed by atoms with van der Waals surface area (Å²) >= 11 is 6.05. The Morgan fingerprint density at radius 3 is 1.72 bits per heavy atom. The fourth-order valence-corrected chi connectivity index (χ4v) is 4.68. The smallest absolute Gasteiger partial charge is 0.180 e. The number of phenolic OH excluding ortho intramolecular Hbond substituents is 1. The first-order valence-corrected chi connectivity index (χ1v) is 15.1. The predicted molar refractivity (Wildman–Crippen MR) is 182 cm³/mol. The third-order valence-electron chi connectivity index (χ3n) is 6.78. The second-order valence-corrected chi connectivity index (χ2v) is 10.5. The number of aromatic hydroxyl groups is 1. The van der Waals surface area contributed by atoms with Crippen LogP contribution in [0.2, 0.25) is 5.15 Å². The maximum absolute atomic E-state index is 9.39. The van der Waals surface area contributed by atoms with Gasteiger partial charge in [0.1, 0.15) is 28.1 Å².